The van der Waals surface area contributed by atoms with Crippen molar-refractivity contribution < 1.29 is 9.59 Å². The smallest absolute Gasteiger partial charge is 0.320 e. The molecule has 1 aliphatic carbocycles. The minimum absolute atomic E-state index is 0.187. The monoisotopic (exact) mass is 316 g/mol. The molecule has 2 heterocycles. The number of urea groups is 1. The third-order valence-corrected chi connectivity index (χ3v) is 3.87. The Kier molecular flexibility index (Phi) is 3.97. The van der Waals surface area contributed by atoms with E-state index in [0.717, 1.165) is 12.8 Å². The van der Waals surface area contributed by atoms with E-state index in [2.05, 4.69) is 25.7 Å². The van der Waals surface area contributed by atoms with Crippen molar-refractivity contribution in [3.63, 3.8) is 0 Å². The van der Waals surface area contributed by atoms with E-state index in [9.17, 15) is 9.59 Å². The molecule has 1 atom stereocenters. The van der Waals surface area contributed by atoms with Crippen molar-refractivity contribution in [2.45, 2.75) is 46.1 Å². The molecule has 1 unspecified atom stereocenters. The van der Waals surface area contributed by atoms with E-state index in [-0.39, 0.29) is 29.9 Å². The highest BCUT2D eigenvalue weighted by molar-refractivity contribution is 6.15. The highest BCUT2D eigenvalue weighted by atomic mass is 16.2. The van der Waals surface area contributed by atoms with Crippen LogP contribution in [0, 0.1) is 12.8 Å². The average molecular weight is 316 g/mol. The third kappa shape index (κ3) is 3.30. The maximum absolute atomic E-state index is 12.1. The quantitative estimate of drug-likeness (QED) is 0.887. The number of aromatic nitrogens is 2. The molecule has 3 rings (SSSR count). The molecule has 8 nitrogen and oxygen atoms in total. The van der Waals surface area contributed by atoms with Gasteiger partial charge in [0.25, 0.3) is 11.9 Å². The van der Waals surface area contributed by atoms with Crippen molar-refractivity contribution in [2.24, 2.45) is 15.9 Å². The summed E-state index contributed by atoms with van der Waals surface area (Å²) in [7, 11) is 0. The second-order valence-electron chi connectivity index (χ2n) is 5.92. The minimum atomic E-state index is -0.288. The molecule has 3 amide bonds. The zero-order chi connectivity index (χ0) is 16.6. The lowest BCUT2D eigenvalue weighted by Crippen LogP contribution is -2.33. The van der Waals surface area contributed by atoms with Crippen LogP contribution in [0.2, 0.25) is 0 Å². The fraction of sp³-hybridized carbons (Fsp3) is 0.533. The maximum Gasteiger partial charge on any atom is 0.320 e. The Balaban J connectivity index is 1.85. The van der Waals surface area contributed by atoms with Gasteiger partial charge in [-0.15, -0.1) is 0 Å². The molecular formula is C15H20N6O2. The molecule has 8 heteroatoms. The Morgan fingerprint density at radius 1 is 1.35 bits per heavy atom. The van der Waals surface area contributed by atoms with Crippen LogP contribution < -0.4 is 10.6 Å². The number of amides is 3. The standard InChI is InChI=1S/C15H20N6O2/c1-4-11-9(3)16-14(19-13(11)22)21-12(7-8(2)20-21)18-15(23)17-10-5-6-10/h7,10-11H,4-6H2,1-3H3,(H2,17,18,23). The van der Waals surface area contributed by atoms with Crippen LogP contribution in [0.3, 0.4) is 0 Å². The van der Waals surface area contributed by atoms with Gasteiger partial charge in [0.2, 0.25) is 0 Å². The van der Waals surface area contributed by atoms with Crippen LogP contribution >= 0.6 is 0 Å². The zero-order valence-electron chi connectivity index (χ0n) is 13.5. The summed E-state index contributed by atoms with van der Waals surface area (Å²) in [6.45, 7) is 5.54. The Bertz CT molecular complexity index is 714. The molecule has 0 aromatic carbocycles. The predicted molar refractivity (Wildman–Crippen MR) is 86.9 cm³/mol. The molecule has 1 aromatic heterocycles. The van der Waals surface area contributed by atoms with Crippen LogP contribution in [0.25, 0.3) is 0 Å². The molecule has 0 bridgehead atoms. The number of carbonyl (C=O) groups is 2. The summed E-state index contributed by atoms with van der Waals surface area (Å²) < 4.78 is 1.40. The van der Waals surface area contributed by atoms with Gasteiger partial charge < -0.3 is 5.32 Å². The lowest BCUT2D eigenvalue weighted by molar-refractivity contribution is -0.119. The van der Waals surface area contributed by atoms with Gasteiger partial charge in [0, 0.05) is 17.8 Å². The summed E-state index contributed by atoms with van der Waals surface area (Å²) in [5, 5.41) is 9.87. The number of hydrogen-bond donors (Lipinski definition) is 2. The zero-order valence-corrected chi connectivity index (χ0v) is 13.5. The first-order chi connectivity index (χ1) is 11.0. The van der Waals surface area contributed by atoms with Gasteiger partial charge in [-0.2, -0.15) is 14.8 Å². The van der Waals surface area contributed by atoms with Crippen molar-refractivity contribution >= 4 is 29.4 Å². The number of aryl methyl sites for hydroxylation is 1. The van der Waals surface area contributed by atoms with Crippen LogP contribution in [0.1, 0.15) is 38.8 Å². The average Bonchev–Trinajstić information content (AvgIpc) is 3.20. The molecule has 1 saturated carbocycles. The SMILES string of the molecule is CCC1C(=O)N=C(n2nc(C)cc2NC(=O)NC2CC2)N=C1C. The van der Waals surface area contributed by atoms with Gasteiger partial charge >= 0.3 is 6.03 Å². The van der Waals surface area contributed by atoms with Crippen LogP contribution in [-0.2, 0) is 4.79 Å². The van der Waals surface area contributed by atoms with E-state index >= 15 is 0 Å². The van der Waals surface area contributed by atoms with Crippen LogP contribution in [0.4, 0.5) is 10.6 Å². The minimum Gasteiger partial charge on any atom is -0.335 e. The molecule has 0 spiro atoms. The summed E-state index contributed by atoms with van der Waals surface area (Å²) in [5.41, 5.74) is 1.41. The molecule has 122 valence electrons. The highest BCUT2D eigenvalue weighted by Gasteiger charge is 2.27. The molecular weight excluding hydrogens is 296 g/mol. The van der Waals surface area contributed by atoms with Gasteiger partial charge in [0.1, 0.15) is 5.82 Å². The summed E-state index contributed by atoms with van der Waals surface area (Å²) >= 11 is 0. The molecule has 23 heavy (non-hydrogen) atoms. The number of carbonyl (C=O) groups excluding carboxylic acids is 2. The number of nitrogens with one attached hydrogen (secondary N) is 2. The summed E-state index contributed by atoms with van der Waals surface area (Å²) in [4.78, 5) is 32.4. The van der Waals surface area contributed by atoms with E-state index < -0.39 is 0 Å². The molecule has 1 aliphatic heterocycles. The Hall–Kier alpha value is -2.51. The first kappa shape index (κ1) is 15.4. The summed E-state index contributed by atoms with van der Waals surface area (Å²) in [6, 6.07) is 1.69. The molecule has 1 fully saturated rings. The Labute approximate surface area is 134 Å². The summed E-state index contributed by atoms with van der Waals surface area (Å²) in [6.07, 6.45) is 2.68. The lowest BCUT2D eigenvalue weighted by Gasteiger charge is -2.17. The first-order valence-corrected chi connectivity index (χ1v) is 7.80. The fourth-order valence-corrected chi connectivity index (χ4v) is 2.49. The highest BCUT2D eigenvalue weighted by Crippen LogP contribution is 2.20. The van der Waals surface area contributed by atoms with Gasteiger partial charge in [0.15, 0.2) is 0 Å². The van der Waals surface area contributed by atoms with Crippen molar-refractivity contribution in [1.82, 2.24) is 15.1 Å². The molecule has 2 aliphatic rings. The number of aliphatic imine (C=N–C) groups is 2. The number of rotatable bonds is 3. The van der Waals surface area contributed by atoms with Gasteiger partial charge in [-0.3, -0.25) is 10.1 Å². The molecule has 0 radical (unpaired) electrons. The van der Waals surface area contributed by atoms with Crippen LogP contribution in [0.15, 0.2) is 16.1 Å². The fourth-order valence-electron chi connectivity index (χ4n) is 2.49. The third-order valence-electron chi connectivity index (χ3n) is 3.87. The number of hydrogen-bond acceptors (Lipinski definition) is 4. The van der Waals surface area contributed by atoms with E-state index in [1.165, 1.54) is 4.68 Å². The van der Waals surface area contributed by atoms with E-state index in [4.69, 9.17) is 0 Å². The van der Waals surface area contributed by atoms with Gasteiger partial charge in [-0.25, -0.2) is 9.79 Å². The van der Waals surface area contributed by atoms with E-state index in [1.54, 1.807) is 13.0 Å². The normalized spacial score (nSPS) is 20.8. The largest absolute Gasteiger partial charge is 0.335 e. The predicted octanol–water partition coefficient (Wildman–Crippen LogP) is 1.71. The van der Waals surface area contributed by atoms with E-state index in [1.807, 2.05) is 13.8 Å². The van der Waals surface area contributed by atoms with Gasteiger partial charge in [-0.05, 0) is 33.1 Å². The molecule has 0 saturated heterocycles. The van der Waals surface area contributed by atoms with Crippen molar-refractivity contribution in [3.05, 3.63) is 11.8 Å². The van der Waals surface area contributed by atoms with Gasteiger partial charge in [0.05, 0.1) is 11.6 Å². The van der Waals surface area contributed by atoms with Crippen LogP contribution in [-0.4, -0.2) is 39.4 Å². The number of anilines is 1. The van der Waals surface area contributed by atoms with Crippen LogP contribution in [0.5, 0.6) is 0 Å². The van der Waals surface area contributed by atoms with E-state index in [0.29, 0.717) is 23.6 Å². The second-order valence-corrected chi connectivity index (χ2v) is 5.92. The molecule has 1 aromatic rings. The van der Waals surface area contributed by atoms with Crippen molar-refractivity contribution in [2.75, 3.05) is 5.32 Å². The molecule has 2 N–H and O–H groups in total. The topological polar surface area (TPSA) is 101 Å². The van der Waals surface area contributed by atoms with Gasteiger partial charge in [-0.1, -0.05) is 6.92 Å². The summed E-state index contributed by atoms with van der Waals surface area (Å²) in [5.74, 6) is 0.132. The lowest BCUT2D eigenvalue weighted by atomic mass is 10.00. The van der Waals surface area contributed by atoms with Crippen molar-refractivity contribution in [3.8, 4) is 0 Å². The number of nitrogens with zero attached hydrogens (tertiary/aromatic N) is 4. The Morgan fingerprint density at radius 3 is 2.70 bits per heavy atom. The second kappa shape index (κ2) is 5.94. The van der Waals surface area contributed by atoms with Crippen molar-refractivity contribution in [1.29, 1.82) is 0 Å². The first-order valence-electron chi connectivity index (χ1n) is 7.80. The maximum atomic E-state index is 12.1. The Morgan fingerprint density at radius 2 is 2.09 bits per heavy atom.